The Hall–Kier alpha value is -1.90. The van der Waals surface area contributed by atoms with Crippen molar-refractivity contribution in [2.45, 2.75) is 60.4 Å². The zero-order chi connectivity index (χ0) is 34.9. The highest BCUT2D eigenvalue weighted by molar-refractivity contribution is 7.99. The van der Waals surface area contributed by atoms with Crippen molar-refractivity contribution >= 4 is 55.7 Å². The van der Waals surface area contributed by atoms with E-state index in [4.69, 9.17) is 24.0 Å². The van der Waals surface area contributed by atoms with E-state index in [0.29, 0.717) is 12.3 Å². The summed E-state index contributed by atoms with van der Waals surface area (Å²) in [6.45, 7) is -0.625. The number of aromatic nitrogens is 4. The van der Waals surface area contributed by atoms with Gasteiger partial charge in [-0.2, -0.15) is 33.7 Å². The summed E-state index contributed by atoms with van der Waals surface area (Å²) in [7, 11) is -12.7. The molecule has 5 rings (SSSR count). The molecule has 6 unspecified atom stereocenters. The van der Waals surface area contributed by atoms with Crippen molar-refractivity contribution in [3.63, 3.8) is 0 Å². The van der Waals surface area contributed by atoms with Crippen LogP contribution in [0.25, 0.3) is 11.2 Å². The van der Waals surface area contributed by atoms with Crippen molar-refractivity contribution < 1.29 is 64.5 Å². The molecule has 4 N–H and O–H groups in total. The summed E-state index contributed by atoms with van der Waals surface area (Å²) in [5, 5.41) is -2.31. The minimum Gasteiger partial charge on any atom is -0.367 e. The maximum absolute atomic E-state index is 14.2. The zero-order valence-electron chi connectivity index (χ0n) is 24.8. The van der Waals surface area contributed by atoms with E-state index in [1.54, 1.807) is 30.0 Å². The number of rotatable bonds is 15. The second kappa shape index (κ2) is 14.8. The van der Waals surface area contributed by atoms with Crippen molar-refractivity contribution in [2.24, 2.45) is 0 Å². The van der Waals surface area contributed by atoms with Crippen LogP contribution in [0.15, 0.2) is 41.8 Å². The predicted octanol–water partition coefficient (Wildman–Crippen LogP) is 4.83. The molecule has 266 valence electrons. The third kappa shape index (κ3) is 8.34. The Labute approximate surface area is 278 Å². The number of hydrogen-bond acceptors (Lipinski definition) is 12. The molecular formula is C25H30F5N5O9P2S2. The van der Waals surface area contributed by atoms with Crippen LogP contribution in [0, 0.1) is 0 Å². The zero-order valence-corrected chi connectivity index (χ0v) is 28.2. The molecule has 48 heavy (non-hydrogen) atoms. The van der Waals surface area contributed by atoms with Crippen molar-refractivity contribution in [2.75, 3.05) is 36.2 Å². The van der Waals surface area contributed by atoms with E-state index in [2.05, 4.69) is 24.8 Å². The summed E-state index contributed by atoms with van der Waals surface area (Å²) in [6, 6.07) is 9.01. The first-order valence-electron chi connectivity index (χ1n) is 14.1. The van der Waals surface area contributed by atoms with Gasteiger partial charge >= 0.3 is 26.8 Å². The molecule has 0 bridgehead atoms. The lowest BCUT2D eigenvalue weighted by Gasteiger charge is -2.25. The van der Waals surface area contributed by atoms with E-state index < -0.39 is 70.6 Å². The molecule has 2 aliphatic rings. The number of hydrogen-bond donors (Lipinski definition) is 4. The van der Waals surface area contributed by atoms with E-state index in [-0.39, 0.29) is 34.3 Å². The standard InChI is InChI=1S/C25H30F5N5O9P2S2/c1-47-10-8-31-20-17-21(34-23(33-20)48-9-7-24(26,27)28)35(13-32-17)22-19-18(43-16(44-19)11-14-5-3-2-4-6-14)15(42-22)12-41-46(39,40)25(29,30)45(36,37)38/h2-6,13,15-16,18-19,22H,7-12H2,1H3,(H,39,40)(H,31,33,34)(H2,36,37,38). The molecule has 0 amide bonds. The maximum Gasteiger partial charge on any atom is 0.443 e. The Kier molecular flexibility index (Phi) is 11.5. The third-order valence-corrected chi connectivity index (χ3v) is 12.0. The monoisotopic (exact) mass is 765 g/mol. The molecule has 0 aliphatic carbocycles. The van der Waals surface area contributed by atoms with E-state index in [0.717, 1.165) is 17.3 Å². The topological polar surface area (TPSA) is 187 Å². The van der Waals surface area contributed by atoms with Gasteiger partial charge in [0.15, 0.2) is 34.7 Å². The lowest BCUT2D eigenvalue weighted by Crippen LogP contribution is -2.32. The molecule has 0 radical (unpaired) electrons. The summed E-state index contributed by atoms with van der Waals surface area (Å²) >= 11 is 2.31. The van der Waals surface area contributed by atoms with E-state index in [1.165, 1.54) is 10.9 Å². The second-order valence-electron chi connectivity index (χ2n) is 10.6. The van der Waals surface area contributed by atoms with Gasteiger partial charge in [-0.05, 0) is 11.8 Å². The Morgan fingerprint density at radius 2 is 1.73 bits per heavy atom. The van der Waals surface area contributed by atoms with Crippen LogP contribution in [0.5, 0.6) is 0 Å². The normalized spacial score (nSPS) is 24.6. The Morgan fingerprint density at radius 1 is 1.02 bits per heavy atom. The SMILES string of the molecule is CSCCNc1nc(SCCC(F)(F)F)nc2c1ncn2C1OC(COP(=O)(O)C(F)(F)P(=O)(O)O)C2OC(Cc3ccccc3)OC21. The van der Waals surface area contributed by atoms with Gasteiger partial charge in [-0.1, -0.05) is 42.1 Å². The molecule has 6 atom stereocenters. The van der Waals surface area contributed by atoms with Crippen molar-refractivity contribution in [1.82, 2.24) is 19.5 Å². The van der Waals surface area contributed by atoms with Gasteiger partial charge in [-0.15, -0.1) is 0 Å². The minimum atomic E-state index is -6.41. The number of imidazole rings is 1. The van der Waals surface area contributed by atoms with Gasteiger partial charge < -0.3 is 38.7 Å². The first kappa shape index (κ1) is 37.4. The number of alkyl halides is 5. The van der Waals surface area contributed by atoms with Gasteiger partial charge in [0.05, 0.1) is 19.4 Å². The number of thioether (sulfide) groups is 2. The quantitative estimate of drug-likeness (QED) is 0.0542. The average Bonchev–Trinajstić information content (AvgIpc) is 3.69. The van der Waals surface area contributed by atoms with Gasteiger partial charge in [0.25, 0.3) is 0 Å². The third-order valence-electron chi connectivity index (χ3n) is 7.14. The molecule has 3 aromatic rings. The molecule has 1 aromatic carbocycles. The highest BCUT2D eigenvalue weighted by Gasteiger charge is 2.65. The summed E-state index contributed by atoms with van der Waals surface area (Å²) in [5.41, 5.74) is 1.17. The van der Waals surface area contributed by atoms with Crippen LogP contribution in [-0.2, 0) is 34.3 Å². The molecule has 2 saturated heterocycles. The number of halogens is 5. The first-order valence-corrected chi connectivity index (χ1v) is 19.7. The van der Waals surface area contributed by atoms with E-state index >= 15 is 0 Å². The van der Waals surface area contributed by atoms with Crippen LogP contribution in [0.1, 0.15) is 18.2 Å². The fourth-order valence-electron chi connectivity index (χ4n) is 4.88. The van der Waals surface area contributed by atoms with Crippen molar-refractivity contribution in [1.29, 1.82) is 0 Å². The molecular weight excluding hydrogens is 735 g/mol. The molecule has 23 heteroatoms. The van der Waals surface area contributed by atoms with Crippen LogP contribution in [0.4, 0.5) is 27.8 Å². The van der Waals surface area contributed by atoms with Gasteiger partial charge in [0.1, 0.15) is 18.3 Å². The fraction of sp³-hybridized carbons (Fsp3) is 0.560. The molecule has 14 nitrogen and oxygen atoms in total. The summed E-state index contributed by atoms with van der Waals surface area (Å²) in [6.07, 6.45) is -7.66. The number of ether oxygens (including phenoxy) is 3. The van der Waals surface area contributed by atoms with Gasteiger partial charge in [-0.3, -0.25) is 13.7 Å². The highest BCUT2D eigenvalue weighted by Crippen LogP contribution is 2.73. The van der Waals surface area contributed by atoms with Crippen LogP contribution in [-0.4, -0.2) is 101 Å². The summed E-state index contributed by atoms with van der Waals surface area (Å²) in [5.74, 6) is 0.544. The van der Waals surface area contributed by atoms with Crippen LogP contribution < -0.4 is 5.32 Å². The van der Waals surface area contributed by atoms with Gasteiger partial charge in [0.2, 0.25) is 0 Å². The van der Waals surface area contributed by atoms with Crippen LogP contribution >= 0.6 is 38.7 Å². The molecule has 0 spiro atoms. The van der Waals surface area contributed by atoms with Crippen LogP contribution in [0.3, 0.4) is 0 Å². The molecule has 2 aliphatic heterocycles. The fourth-order valence-corrected chi connectivity index (χ4v) is 8.00. The van der Waals surface area contributed by atoms with E-state index in [9.17, 15) is 36.0 Å². The number of nitrogens with one attached hydrogen (secondary N) is 1. The largest absolute Gasteiger partial charge is 0.443 e. The summed E-state index contributed by atoms with van der Waals surface area (Å²) in [4.78, 5) is 40.9. The smallest absolute Gasteiger partial charge is 0.367 e. The van der Waals surface area contributed by atoms with E-state index in [1.807, 2.05) is 18.4 Å². The summed E-state index contributed by atoms with van der Waals surface area (Å²) < 4.78 is 115. The molecule has 2 aromatic heterocycles. The van der Waals surface area contributed by atoms with Gasteiger partial charge in [0, 0.05) is 24.5 Å². The number of fused-ring (bicyclic) bond motifs is 2. The molecule has 2 fully saturated rings. The Balaban J connectivity index is 1.46. The van der Waals surface area contributed by atoms with Crippen molar-refractivity contribution in [3.05, 3.63) is 42.2 Å². The minimum absolute atomic E-state index is 0.000938. The number of benzene rings is 1. The Morgan fingerprint density at radius 3 is 2.40 bits per heavy atom. The molecule has 0 saturated carbocycles. The van der Waals surface area contributed by atoms with Gasteiger partial charge in [-0.25, -0.2) is 15.0 Å². The van der Waals surface area contributed by atoms with Crippen molar-refractivity contribution in [3.8, 4) is 0 Å². The Bertz CT molecular complexity index is 1670. The predicted molar refractivity (Wildman–Crippen MR) is 164 cm³/mol. The second-order valence-corrected chi connectivity index (χ2v) is 16.5. The lowest BCUT2D eigenvalue weighted by atomic mass is 10.1. The highest BCUT2D eigenvalue weighted by atomic mass is 32.2. The first-order chi connectivity index (χ1) is 22.5. The number of anilines is 1. The number of nitrogens with zero attached hydrogens (tertiary/aromatic N) is 4. The maximum atomic E-state index is 14.2. The van der Waals surface area contributed by atoms with Crippen LogP contribution in [0.2, 0.25) is 0 Å². The average molecular weight is 766 g/mol. The lowest BCUT2D eigenvalue weighted by molar-refractivity contribution is -0.149. The molecule has 4 heterocycles.